The fourth-order valence-corrected chi connectivity index (χ4v) is 2.61. The van der Waals surface area contributed by atoms with Gasteiger partial charge in [0.05, 0.1) is 6.04 Å². The van der Waals surface area contributed by atoms with Gasteiger partial charge in [-0.05, 0) is 22.4 Å². The van der Waals surface area contributed by atoms with Gasteiger partial charge in [-0.3, -0.25) is 4.90 Å². The number of alkyl halides is 2. The van der Waals surface area contributed by atoms with Crippen molar-refractivity contribution in [2.45, 2.75) is 12.5 Å². The van der Waals surface area contributed by atoms with Crippen molar-refractivity contribution in [2.24, 2.45) is 0 Å². The Bertz CT molecular complexity index is 293. The molecule has 1 fully saturated rings. The zero-order valence-electron chi connectivity index (χ0n) is 9.14. The van der Waals surface area contributed by atoms with E-state index in [2.05, 4.69) is 5.32 Å². The Labute approximate surface area is 116 Å². The minimum Gasteiger partial charge on any atom is -0.314 e. The number of rotatable bonds is 3. The van der Waals surface area contributed by atoms with Crippen molar-refractivity contribution >= 4 is 36.2 Å². The number of nitrogens with one attached hydrogen (secondary N) is 1. The highest BCUT2D eigenvalue weighted by molar-refractivity contribution is 7.07. The summed E-state index contributed by atoms with van der Waals surface area (Å²) < 4.78 is 26.0. The molecule has 17 heavy (non-hydrogen) atoms. The van der Waals surface area contributed by atoms with Gasteiger partial charge in [0, 0.05) is 26.2 Å². The van der Waals surface area contributed by atoms with Crippen LogP contribution >= 0.6 is 36.2 Å². The highest BCUT2D eigenvalue weighted by Gasteiger charge is 2.30. The fourth-order valence-electron chi connectivity index (χ4n) is 1.92. The zero-order valence-corrected chi connectivity index (χ0v) is 11.6. The Morgan fingerprint density at radius 3 is 2.35 bits per heavy atom. The molecule has 0 saturated carbocycles. The molecule has 1 saturated heterocycles. The van der Waals surface area contributed by atoms with Crippen molar-refractivity contribution < 1.29 is 8.78 Å². The lowest BCUT2D eigenvalue weighted by molar-refractivity contribution is 0.0184. The molecule has 1 aliphatic rings. The van der Waals surface area contributed by atoms with E-state index < -0.39 is 12.5 Å². The number of halogens is 4. The van der Waals surface area contributed by atoms with Crippen LogP contribution in [0.4, 0.5) is 8.78 Å². The molecule has 1 aliphatic heterocycles. The van der Waals surface area contributed by atoms with Gasteiger partial charge in [0.15, 0.2) is 0 Å². The second-order valence-corrected chi connectivity index (χ2v) is 4.40. The molecule has 0 radical (unpaired) electrons. The summed E-state index contributed by atoms with van der Waals surface area (Å²) in [6, 6.07) is 1.07. The maximum absolute atomic E-state index is 13.0. The Morgan fingerprint density at radius 2 is 1.88 bits per heavy atom. The summed E-state index contributed by atoms with van der Waals surface area (Å²) in [4.78, 5) is 1.86. The number of hydrogen-bond donors (Lipinski definition) is 1. The summed E-state index contributed by atoms with van der Waals surface area (Å²) >= 11 is 1.47. The minimum atomic E-state index is -2.31. The quantitative estimate of drug-likeness (QED) is 0.924. The molecule has 2 heterocycles. The fraction of sp³-hybridized carbons (Fsp3) is 0.600. The van der Waals surface area contributed by atoms with Gasteiger partial charge in [0.2, 0.25) is 0 Å². The van der Waals surface area contributed by atoms with E-state index in [1.54, 1.807) is 6.07 Å². The standard InChI is InChI=1S/C10H14F2N2S.2ClH/c11-10(12)9(8-1-6-15-7-8)14-4-2-13-3-5-14;;/h1,6-7,9-10,13H,2-5H2;2*1H/t9-;;/m0../s1. The molecule has 0 amide bonds. The summed E-state index contributed by atoms with van der Waals surface area (Å²) in [6.45, 7) is 3.00. The first-order chi connectivity index (χ1) is 7.29. The summed E-state index contributed by atoms with van der Waals surface area (Å²) in [7, 11) is 0. The predicted molar refractivity (Wildman–Crippen MR) is 72.0 cm³/mol. The second kappa shape index (κ2) is 8.21. The number of nitrogens with zero attached hydrogens (tertiary/aromatic N) is 1. The molecule has 0 spiro atoms. The van der Waals surface area contributed by atoms with Crippen LogP contribution in [0.25, 0.3) is 0 Å². The van der Waals surface area contributed by atoms with Gasteiger partial charge < -0.3 is 5.32 Å². The van der Waals surface area contributed by atoms with E-state index in [1.165, 1.54) is 11.3 Å². The van der Waals surface area contributed by atoms with E-state index in [0.29, 0.717) is 13.1 Å². The van der Waals surface area contributed by atoms with Gasteiger partial charge >= 0.3 is 0 Å². The van der Waals surface area contributed by atoms with E-state index in [1.807, 2.05) is 15.7 Å². The molecule has 2 rings (SSSR count). The van der Waals surface area contributed by atoms with Crippen LogP contribution in [0.15, 0.2) is 16.8 Å². The Hall–Kier alpha value is 0.0600. The monoisotopic (exact) mass is 304 g/mol. The van der Waals surface area contributed by atoms with Crippen molar-refractivity contribution in [1.29, 1.82) is 0 Å². The maximum atomic E-state index is 13.0. The third-order valence-corrected chi connectivity index (χ3v) is 3.37. The van der Waals surface area contributed by atoms with Gasteiger partial charge in [0.1, 0.15) is 0 Å². The molecule has 1 atom stereocenters. The van der Waals surface area contributed by atoms with Crippen LogP contribution in [-0.2, 0) is 0 Å². The molecule has 2 nitrogen and oxygen atoms in total. The smallest absolute Gasteiger partial charge is 0.258 e. The largest absolute Gasteiger partial charge is 0.314 e. The van der Waals surface area contributed by atoms with Crippen molar-refractivity contribution in [3.8, 4) is 0 Å². The third kappa shape index (κ3) is 4.34. The predicted octanol–water partition coefficient (Wildman–Crippen LogP) is 2.80. The highest BCUT2D eigenvalue weighted by Crippen LogP contribution is 2.29. The van der Waals surface area contributed by atoms with Gasteiger partial charge in [-0.25, -0.2) is 8.78 Å². The van der Waals surface area contributed by atoms with E-state index in [4.69, 9.17) is 0 Å². The zero-order chi connectivity index (χ0) is 10.7. The molecule has 1 aromatic rings. The third-order valence-electron chi connectivity index (χ3n) is 2.67. The first-order valence-electron chi connectivity index (χ1n) is 5.04. The first-order valence-corrected chi connectivity index (χ1v) is 5.98. The van der Waals surface area contributed by atoms with Crippen molar-refractivity contribution in [1.82, 2.24) is 10.2 Å². The second-order valence-electron chi connectivity index (χ2n) is 3.62. The summed E-state index contributed by atoms with van der Waals surface area (Å²) in [5.41, 5.74) is 0.747. The van der Waals surface area contributed by atoms with E-state index in [9.17, 15) is 8.78 Å². The molecular formula is C10H16Cl2F2N2S. The van der Waals surface area contributed by atoms with Crippen molar-refractivity contribution in [3.63, 3.8) is 0 Å². The molecule has 0 aromatic carbocycles. The Balaban J connectivity index is 0.00000128. The molecule has 0 unspecified atom stereocenters. The van der Waals surface area contributed by atoms with Gasteiger partial charge in [-0.1, -0.05) is 0 Å². The molecule has 0 bridgehead atoms. The SMILES string of the molecule is Cl.Cl.FC(F)[C@H](c1ccsc1)N1CCNCC1. The van der Waals surface area contributed by atoms with Crippen molar-refractivity contribution in [3.05, 3.63) is 22.4 Å². The molecule has 1 N–H and O–H groups in total. The van der Waals surface area contributed by atoms with Gasteiger partial charge in [-0.15, -0.1) is 24.8 Å². The maximum Gasteiger partial charge on any atom is 0.258 e. The number of hydrogen-bond acceptors (Lipinski definition) is 3. The Kier molecular flexibility index (Phi) is 8.24. The summed E-state index contributed by atoms with van der Waals surface area (Å²) in [6.07, 6.45) is -2.31. The van der Waals surface area contributed by atoms with Crippen LogP contribution in [0.2, 0.25) is 0 Å². The summed E-state index contributed by atoms with van der Waals surface area (Å²) in [5.74, 6) is 0. The lowest BCUT2D eigenvalue weighted by atomic mass is 10.1. The topological polar surface area (TPSA) is 15.3 Å². The van der Waals surface area contributed by atoms with Crippen LogP contribution in [-0.4, -0.2) is 37.5 Å². The number of thiophene rings is 1. The van der Waals surface area contributed by atoms with E-state index >= 15 is 0 Å². The average Bonchev–Trinajstić information content (AvgIpc) is 2.72. The molecule has 1 aromatic heterocycles. The van der Waals surface area contributed by atoms with Crippen molar-refractivity contribution in [2.75, 3.05) is 26.2 Å². The summed E-state index contributed by atoms with van der Waals surface area (Å²) in [5, 5.41) is 6.84. The van der Waals surface area contributed by atoms with Gasteiger partial charge in [0.25, 0.3) is 6.43 Å². The molecular weight excluding hydrogens is 289 g/mol. The lowest BCUT2D eigenvalue weighted by Gasteiger charge is -2.34. The van der Waals surface area contributed by atoms with Crippen LogP contribution in [0, 0.1) is 0 Å². The Morgan fingerprint density at radius 1 is 1.24 bits per heavy atom. The van der Waals surface area contributed by atoms with Crippen LogP contribution in [0.3, 0.4) is 0 Å². The first kappa shape index (κ1) is 17.1. The minimum absolute atomic E-state index is 0. The average molecular weight is 305 g/mol. The molecule has 7 heteroatoms. The lowest BCUT2D eigenvalue weighted by Crippen LogP contribution is -2.46. The normalized spacial score (nSPS) is 18.3. The molecule has 100 valence electrons. The number of piperazine rings is 1. The van der Waals surface area contributed by atoms with Crippen LogP contribution < -0.4 is 5.32 Å². The van der Waals surface area contributed by atoms with Gasteiger partial charge in [-0.2, -0.15) is 11.3 Å². The van der Waals surface area contributed by atoms with E-state index in [0.717, 1.165) is 18.7 Å². The van der Waals surface area contributed by atoms with Crippen LogP contribution in [0.5, 0.6) is 0 Å². The van der Waals surface area contributed by atoms with E-state index in [-0.39, 0.29) is 24.8 Å². The molecule has 0 aliphatic carbocycles. The highest BCUT2D eigenvalue weighted by atomic mass is 35.5. The van der Waals surface area contributed by atoms with Crippen LogP contribution in [0.1, 0.15) is 11.6 Å².